The smallest absolute Gasteiger partial charge is 0.267 e. The molecule has 0 aromatic carbocycles. The molecular formula is C16H17N5OS. The molecule has 0 aliphatic carbocycles. The Morgan fingerprint density at radius 3 is 2.87 bits per heavy atom. The number of carbonyl (C=O) groups excluding carboxylic acids is 1. The normalized spacial score (nSPS) is 11.0. The predicted octanol–water partition coefficient (Wildman–Crippen LogP) is 3.31. The lowest BCUT2D eigenvalue weighted by molar-refractivity contribution is 0.102. The minimum Gasteiger partial charge on any atom is -0.319 e. The average molecular weight is 327 g/mol. The number of amides is 1. The summed E-state index contributed by atoms with van der Waals surface area (Å²) >= 11 is 1.35. The zero-order valence-corrected chi connectivity index (χ0v) is 14.0. The van der Waals surface area contributed by atoms with Crippen LogP contribution in [0.3, 0.4) is 0 Å². The van der Waals surface area contributed by atoms with E-state index in [0.717, 1.165) is 11.3 Å². The number of thiazole rings is 1. The number of nitrogens with zero attached hydrogens (tertiary/aromatic N) is 4. The molecule has 3 aromatic rings. The lowest BCUT2D eigenvalue weighted by atomic mass is 10.1. The molecule has 118 valence electrons. The number of anilines is 1. The molecule has 3 rings (SSSR count). The SMILES string of the molecule is CC(C)c1ncsc1C(=O)Nc1cccnc1-c1cnn(C)c1. The third-order valence-corrected chi connectivity index (χ3v) is 4.22. The number of rotatable bonds is 4. The number of pyridine rings is 1. The third kappa shape index (κ3) is 3.14. The van der Waals surface area contributed by atoms with E-state index in [1.165, 1.54) is 11.3 Å². The van der Waals surface area contributed by atoms with Crippen molar-refractivity contribution in [3.63, 3.8) is 0 Å². The summed E-state index contributed by atoms with van der Waals surface area (Å²) in [6.45, 7) is 4.05. The molecule has 6 nitrogen and oxygen atoms in total. The summed E-state index contributed by atoms with van der Waals surface area (Å²) in [4.78, 5) is 21.9. The van der Waals surface area contributed by atoms with Gasteiger partial charge in [0.1, 0.15) is 4.88 Å². The largest absolute Gasteiger partial charge is 0.319 e. The van der Waals surface area contributed by atoms with Crippen LogP contribution >= 0.6 is 11.3 Å². The molecule has 0 aliphatic rings. The summed E-state index contributed by atoms with van der Waals surface area (Å²) in [5.74, 6) is 0.0445. The van der Waals surface area contributed by atoms with Gasteiger partial charge in [0.15, 0.2) is 0 Å². The van der Waals surface area contributed by atoms with Crippen molar-refractivity contribution < 1.29 is 4.79 Å². The van der Waals surface area contributed by atoms with Crippen molar-refractivity contribution >= 4 is 22.9 Å². The Labute approximate surface area is 138 Å². The maximum Gasteiger partial charge on any atom is 0.267 e. The predicted molar refractivity (Wildman–Crippen MR) is 90.6 cm³/mol. The number of nitrogens with one attached hydrogen (secondary N) is 1. The minimum absolute atomic E-state index is 0.158. The summed E-state index contributed by atoms with van der Waals surface area (Å²) in [5.41, 5.74) is 4.74. The minimum atomic E-state index is -0.158. The molecular weight excluding hydrogens is 310 g/mol. The lowest BCUT2D eigenvalue weighted by Crippen LogP contribution is -2.14. The summed E-state index contributed by atoms with van der Waals surface area (Å²) in [5, 5.41) is 7.10. The molecule has 0 saturated heterocycles. The zero-order valence-electron chi connectivity index (χ0n) is 13.1. The molecule has 1 N–H and O–H groups in total. The van der Waals surface area contributed by atoms with E-state index >= 15 is 0 Å². The number of hydrogen-bond donors (Lipinski definition) is 1. The molecule has 0 spiro atoms. The molecule has 0 fully saturated rings. The van der Waals surface area contributed by atoms with Gasteiger partial charge in [-0.3, -0.25) is 14.5 Å². The van der Waals surface area contributed by atoms with Gasteiger partial charge < -0.3 is 5.32 Å². The topological polar surface area (TPSA) is 72.7 Å². The van der Waals surface area contributed by atoms with Crippen molar-refractivity contribution in [2.75, 3.05) is 5.32 Å². The van der Waals surface area contributed by atoms with Crippen molar-refractivity contribution in [3.8, 4) is 11.3 Å². The molecule has 0 radical (unpaired) electrons. The van der Waals surface area contributed by atoms with E-state index in [2.05, 4.69) is 20.4 Å². The molecule has 7 heteroatoms. The zero-order chi connectivity index (χ0) is 16.4. The highest BCUT2D eigenvalue weighted by Crippen LogP contribution is 2.27. The summed E-state index contributed by atoms with van der Waals surface area (Å²) in [6, 6.07) is 3.63. The van der Waals surface area contributed by atoms with Gasteiger partial charge in [-0.2, -0.15) is 5.10 Å². The van der Waals surface area contributed by atoms with Gasteiger partial charge in [-0.15, -0.1) is 11.3 Å². The number of carbonyl (C=O) groups is 1. The summed E-state index contributed by atoms with van der Waals surface area (Å²) in [6.07, 6.45) is 5.29. The van der Waals surface area contributed by atoms with Crippen molar-refractivity contribution in [1.29, 1.82) is 0 Å². The fourth-order valence-corrected chi connectivity index (χ4v) is 3.13. The van der Waals surface area contributed by atoms with Crippen LogP contribution in [0.1, 0.15) is 35.1 Å². The van der Waals surface area contributed by atoms with Gasteiger partial charge in [0, 0.05) is 25.0 Å². The number of hydrogen-bond acceptors (Lipinski definition) is 5. The van der Waals surface area contributed by atoms with Crippen molar-refractivity contribution in [3.05, 3.63) is 46.8 Å². The first-order chi connectivity index (χ1) is 11.1. The summed E-state index contributed by atoms with van der Waals surface area (Å²) in [7, 11) is 1.84. The monoisotopic (exact) mass is 327 g/mol. The Morgan fingerprint density at radius 2 is 2.17 bits per heavy atom. The van der Waals surface area contributed by atoms with Gasteiger partial charge in [-0.25, -0.2) is 4.98 Å². The Bertz CT molecular complexity index is 836. The second kappa shape index (κ2) is 6.29. The van der Waals surface area contributed by atoms with Crippen LogP contribution in [0.5, 0.6) is 0 Å². The first-order valence-corrected chi connectivity index (χ1v) is 8.13. The van der Waals surface area contributed by atoms with Crippen LogP contribution in [0.25, 0.3) is 11.3 Å². The number of aryl methyl sites for hydroxylation is 1. The maximum absolute atomic E-state index is 12.6. The second-order valence-corrected chi connectivity index (χ2v) is 6.33. The molecule has 0 unspecified atom stereocenters. The van der Waals surface area contributed by atoms with Crippen molar-refractivity contribution in [2.45, 2.75) is 19.8 Å². The van der Waals surface area contributed by atoms with Gasteiger partial charge in [0.05, 0.1) is 28.8 Å². The van der Waals surface area contributed by atoms with Crippen LogP contribution in [0.15, 0.2) is 36.2 Å². The quantitative estimate of drug-likeness (QED) is 0.798. The van der Waals surface area contributed by atoms with E-state index < -0.39 is 0 Å². The Morgan fingerprint density at radius 1 is 1.35 bits per heavy atom. The van der Waals surface area contributed by atoms with Crippen LogP contribution in [0, 0.1) is 0 Å². The van der Waals surface area contributed by atoms with E-state index in [4.69, 9.17) is 0 Å². The van der Waals surface area contributed by atoms with E-state index in [9.17, 15) is 4.79 Å². The number of aromatic nitrogens is 4. The average Bonchev–Trinajstić information content (AvgIpc) is 3.16. The fourth-order valence-electron chi connectivity index (χ4n) is 2.29. The van der Waals surface area contributed by atoms with E-state index in [1.54, 1.807) is 28.7 Å². The molecule has 3 heterocycles. The van der Waals surface area contributed by atoms with E-state index in [-0.39, 0.29) is 11.8 Å². The molecule has 3 aromatic heterocycles. The molecule has 0 aliphatic heterocycles. The van der Waals surface area contributed by atoms with Gasteiger partial charge in [-0.1, -0.05) is 13.8 Å². The lowest BCUT2D eigenvalue weighted by Gasteiger charge is -2.10. The molecule has 0 bridgehead atoms. The highest BCUT2D eigenvalue weighted by atomic mass is 32.1. The second-order valence-electron chi connectivity index (χ2n) is 5.48. The standard InChI is InChI=1S/C16H17N5OS/c1-10(2)13-15(23-9-18-13)16(22)20-12-5-4-6-17-14(12)11-7-19-21(3)8-11/h4-10H,1-3H3,(H,20,22). The van der Waals surface area contributed by atoms with Gasteiger partial charge >= 0.3 is 0 Å². The Kier molecular flexibility index (Phi) is 4.20. The molecule has 0 atom stereocenters. The van der Waals surface area contributed by atoms with Crippen LogP contribution in [0.2, 0.25) is 0 Å². The van der Waals surface area contributed by atoms with Crippen molar-refractivity contribution in [1.82, 2.24) is 19.7 Å². The van der Waals surface area contributed by atoms with Crippen LogP contribution in [-0.2, 0) is 7.05 Å². The van der Waals surface area contributed by atoms with Gasteiger partial charge in [-0.05, 0) is 18.1 Å². The first kappa shape index (κ1) is 15.4. The van der Waals surface area contributed by atoms with Crippen molar-refractivity contribution in [2.24, 2.45) is 7.05 Å². The van der Waals surface area contributed by atoms with E-state index in [1.807, 2.05) is 33.2 Å². The summed E-state index contributed by atoms with van der Waals surface area (Å²) < 4.78 is 1.70. The molecule has 1 amide bonds. The highest BCUT2D eigenvalue weighted by Gasteiger charge is 2.19. The van der Waals surface area contributed by atoms with Crippen LogP contribution < -0.4 is 5.32 Å². The van der Waals surface area contributed by atoms with Gasteiger partial charge in [0.2, 0.25) is 0 Å². The Balaban J connectivity index is 1.91. The maximum atomic E-state index is 12.6. The molecule has 0 saturated carbocycles. The highest BCUT2D eigenvalue weighted by molar-refractivity contribution is 7.12. The van der Waals surface area contributed by atoms with Gasteiger partial charge in [0.25, 0.3) is 5.91 Å². The molecule has 23 heavy (non-hydrogen) atoms. The first-order valence-electron chi connectivity index (χ1n) is 7.25. The van der Waals surface area contributed by atoms with Crippen LogP contribution in [-0.4, -0.2) is 25.7 Å². The van der Waals surface area contributed by atoms with Crippen LogP contribution in [0.4, 0.5) is 5.69 Å². The third-order valence-electron chi connectivity index (χ3n) is 3.38. The fraction of sp³-hybridized carbons (Fsp3) is 0.250. The Hall–Kier alpha value is -2.54. The van der Waals surface area contributed by atoms with E-state index in [0.29, 0.717) is 16.3 Å².